The summed E-state index contributed by atoms with van der Waals surface area (Å²) in [5, 5.41) is 4.03. The van der Waals surface area contributed by atoms with Gasteiger partial charge in [-0.1, -0.05) is 5.16 Å². The number of pyridine rings is 1. The summed E-state index contributed by atoms with van der Waals surface area (Å²) in [5.41, 5.74) is 2.44. The first-order valence-corrected chi connectivity index (χ1v) is 8.65. The van der Waals surface area contributed by atoms with E-state index in [-0.39, 0.29) is 0 Å². The van der Waals surface area contributed by atoms with Gasteiger partial charge in [-0.05, 0) is 50.2 Å². The minimum atomic E-state index is 0.427. The second-order valence-corrected chi connectivity index (χ2v) is 5.91. The lowest BCUT2D eigenvalue weighted by Crippen LogP contribution is -1.93. The van der Waals surface area contributed by atoms with Crippen molar-refractivity contribution >= 4 is 0 Å². The molecule has 7 nitrogen and oxygen atoms in total. The van der Waals surface area contributed by atoms with Crippen LogP contribution in [0.1, 0.15) is 24.2 Å². The van der Waals surface area contributed by atoms with Crippen molar-refractivity contribution in [1.29, 1.82) is 0 Å². The molecule has 4 aromatic rings. The van der Waals surface area contributed by atoms with Gasteiger partial charge in [-0.25, -0.2) is 4.98 Å². The molecule has 27 heavy (non-hydrogen) atoms. The van der Waals surface area contributed by atoms with E-state index in [1.807, 2.05) is 50.2 Å². The van der Waals surface area contributed by atoms with E-state index in [1.165, 1.54) is 0 Å². The number of aryl methyl sites for hydroxylation is 1. The van der Waals surface area contributed by atoms with Gasteiger partial charge in [0.2, 0.25) is 5.89 Å². The van der Waals surface area contributed by atoms with Crippen LogP contribution in [0.3, 0.4) is 0 Å². The molecule has 0 N–H and O–H groups in total. The third kappa shape index (κ3) is 3.72. The van der Waals surface area contributed by atoms with Crippen molar-refractivity contribution in [2.24, 2.45) is 0 Å². The van der Waals surface area contributed by atoms with Crippen LogP contribution in [0.5, 0.6) is 5.75 Å². The number of hydrogen-bond acceptors (Lipinski definition) is 7. The van der Waals surface area contributed by atoms with Crippen LogP contribution in [0, 0.1) is 6.92 Å². The summed E-state index contributed by atoms with van der Waals surface area (Å²) in [6.45, 7) is 4.46. The molecule has 0 unspecified atom stereocenters. The highest BCUT2D eigenvalue weighted by atomic mass is 16.5. The van der Waals surface area contributed by atoms with Gasteiger partial charge >= 0.3 is 0 Å². The van der Waals surface area contributed by atoms with Crippen molar-refractivity contribution < 1.29 is 13.7 Å². The summed E-state index contributed by atoms with van der Waals surface area (Å²) in [6.07, 6.45) is 3.81. The van der Waals surface area contributed by atoms with E-state index < -0.39 is 0 Å². The molecule has 0 radical (unpaired) electrons. The fraction of sp³-hybridized carbons (Fsp3) is 0.200. The van der Waals surface area contributed by atoms with Crippen molar-refractivity contribution in [3.05, 3.63) is 66.1 Å². The van der Waals surface area contributed by atoms with Crippen molar-refractivity contribution in [3.8, 4) is 28.7 Å². The molecule has 0 aliphatic heterocycles. The van der Waals surface area contributed by atoms with Crippen LogP contribution in [0.15, 0.2) is 57.7 Å². The van der Waals surface area contributed by atoms with Gasteiger partial charge < -0.3 is 13.7 Å². The van der Waals surface area contributed by atoms with Gasteiger partial charge in [0.15, 0.2) is 5.82 Å². The van der Waals surface area contributed by atoms with E-state index in [0.29, 0.717) is 30.6 Å². The predicted octanol–water partition coefficient (Wildman–Crippen LogP) is 4.08. The van der Waals surface area contributed by atoms with Crippen LogP contribution in [-0.2, 0) is 6.42 Å². The Kier molecular flexibility index (Phi) is 4.65. The zero-order valence-electron chi connectivity index (χ0n) is 15.0. The molecule has 0 bridgehead atoms. The first-order chi connectivity index (χ1) is 13.2. The van der Waals surface area contributed by atoms with Crippen molar-refractivity contribution in [2.75, 3.05) is 6.61 Å². The molecular weight excluding hydrogens is 344 g/mol. The second-order valence-electron chi connectivity index (χ2n) is 5.91. The van der Waals surface area contributed by atoms with Crippen molar-refractivity contribution in [1.82, 2.24) is 20.1 Å². The Balaban J connectivity index is 1.53. The predicted molar refractivity (Wildman–Crippen MR) is 98.2 cm³/mol. The Morgan fingerprint density at radius 2 is 1.85 bits per heavy atom. The zero-order valence-corrected chi connectivity index (χ0v) is 15.0. The normalized spacial score (nSPS) is 10.9. The maximum atomic E-state index is 5.82. The van der Waals surface area contributed by atoms with E-state index in [0.717, 1.165) is 28.3 Å². The number of oxazole rings is 1. The standard InChI is InChI=1S/C20H18N4O3/c1-3-25-16-8-6-14(7-9-16)19-22-17(13(2)26-19)11-18-23-20(27-24-18)15-5-4-10-21-12-15/h4-10,12H,3,11H2,1-2H3. The van der Waals surface area contributed by atoms with Gasteiger partial charge in [0.1, 0.15) is 11.5 Å². The lowest BCUT2D eigenvalue weighted by Gasteiger charge is -2.02. The zero-order chi connectivity index (χ0) is 18.6. The van der Waals surface area contributed by atoms with Crippen LogP contribution in [0.25, 0.3) is 22.9 Å². The summed E-state index contributed by atoms with van der Waals surface area (Å²) >= 11 is 0. The Labute approximate surface area is 156 Å². The van der Waals surface area contributed by atoms with Crippen LogP contribution in [0.2, 0.25) is 0 Å². The first-order valence-electron chi connectivity index (χ1n) is 8.65. The molecule has 4 rings (SSSR count). The van der Waals surface area contributed by atoms with E-state index in [9.17, 15) is 0 Å². The maximum absolute atomic E-state index is 5.82. The van der Waals surface area contributed by atoms with Crippen LogP contribution >= 0.6 is 0 Å². The quantitative estimate of drug-likeness (QED) is 0.510. The molecule has 0 amide bonds. The summed E-state index contributed by atoms with van der Waals surface area (Å²) in [4.78, 5) is 13.1. The number of benzene rings is 1. The van der Waals surface area contributed by atoms with Gasteiger partial charge in [-0.2, -0.15) is 4.98 Å². The number of rotatable bonds is 6. The number of nitrogens with zero attached hydrogens (tertiary/aromatic N) is 4. The summed E-state index contributed by atoms with van der Waals surface area (Å²) < 4.78 is 16.6. The average Bonchev–Trinajstić information content (AvgIpc) is 3.31. The van der Waals surface area contributed by atoms with Crippen LogP contribution in [0.4, 0.5) is 0 Å². The largest absolute Gasteiger partial charge is 0.494 e. The maximum Gasteiger partial charge on any atom is 0.259 e. The van der Waals surface area contributed by atoms with Crippen molar-refractivity contribution in [3.63, 3.8) is 0 Å². The Morgan fingerprint density at radius 3 is 2.59 bits per heavy atom. The van der Waals surface area contributed by atoms with Crippen LogP contribution in [-0.4, -0.2) is 26.7 Å². The highest BCUT2D eigenvalue weighted by Gasteiger charge is 2.16. The SMILES string of the molecule is CCOc1ccc(-c2nc(Cc3noc(-c4cccnc4)n3)c(C)o2)cc1. The van der Waals surface area contributed by atoms with Gasteiger partial charge in [-0.15, -0.1) is 0 Å². The molecule has 0 fully saturated rings. The second kappa shape index (κ2) is 7.41. The molecule has 3 heterocycles. The van der Waals surface area contributed by atoms with Crippen molar-refractivity contribution in [2.45, 2.75) is 20.3 Å². The summed E-state index contributed by atoms with van der Waals surface area (Å²) in [5.74, 6) is 3.09. The molecule has 0 spiro atoms. The molecule has 136 valence electrons. The number of ether oxygens (including phenoxy) is 1. The number of hydrogen-bond donors (Lipinski definition) is 0. The molecule has 0 atom stereocenters. The first kappa shape index (κ1) is 17.0. The fourth-order valence-electron chi connectivity index (χ4n) is 2.66. The van der Waals surface area contributed by atoms with Gasteiger partial charge in [0.05, 0.1) is 24.3 Å². The third-order valence-electron chi connectivity index (χ3n) is 4.01. The molecule has 0 aliphatic carbocycles. The molecule has 0 aliphatic rings. The summed E-state index contributed by atoms with van der Waals surface area (Å²) in [7, 11) is 0. The highest BCUT2D eigenvalue weighted by Crippen LogP contribution is 2.25. The van der Waals surface area contributed by atoms with E-state index in [1.54, 1.807) is 12.4 Å². The van der Waals surface area contributed by atoms with Crippen LogP contribution < -0.4 is 4.74 Å². The molecular formula is C20H18N4O3. The smallest absolute Gasteiger partial charge is 0.259 e. The van der Waals surface area contributed by atoms with Gasteiger partial charge in [0.25, 0.3) is 5.89 Å². The monoisotopic (exact) mass is 362 g/mol. The molecule has 0 saturated carbocycles. The Hall–Kier alpha value is -3.48. The van der Waals surface area contributed by atoms with E-state index in [4.69, 9.17) is 13.7 Å². The molecule has 1 aromatic carbocycles. The minimum Gasteiger partial charge on any atom is -0.494 e. The Bertz CT molecular complexity index is 1020. The molecule has 7 heteroatoms. The summed E-state index contributed by atoms with van der Waals surface area (Å²) in [6, 6.07) is 11.3. The number of aromatic nitrogens is 4. The lowest BCUT2D eigenvalue weighted by atomic mass is 10.2. The lowest BCUT2D eigenvalue weighted by molar-refractivity contribution is 0.340. The van der Waals surface area contributed by atoms with E-state index >= 15 is 0 Å². The average molecular weight is 362 g/mol. The van der Waals surface area contributed by atoms with Gasteiger partial charge in [-0.3, -0.25) is 4.98 Å². The Morgan fingerprint density at radius 1 is 1.00 bits per heavy atom. The van der Waals surface area contributed by atoms with Gasteiger partial charge in [0, 0.05) is 18.0 Å². The molecule has 3 aromatic heterocycles. The van der Waals surface area contributed by atoms with E-state index in [2.05, 4.69) is 20.1 Å². The third-order valence-corrected chi connectivity index (χ3v) is 4.01. The highest BCUT2D eigenvalue weighted by molar-refractivity contribution is 5.55. The topological polar surface area (TPSA) is 87.1 Å². The molecule has 0 saturated heterocycles. The minimum absolute atomic E-state index is 0.427. The fourth-order valence-corrected chi connectivity index (χ4v) is 2.66.